The maximum absolute atomic E-state index is 13.4. The van der Waals surface area contributed by atoms with Crippen LogP contribution in [0.15, 0.2) is 53.4 Å². The molecule has 0 heterocycles. The standard InChI is InChI=1S/C16H15F2NO3S/c17-12-8-9-15(14(18)11-12)19-16(20)7-4-10-23(21,22)13-5-2-1-3-6-13/h1-3,5-6,8-9,11H,4,7,10H2,(H,19,20). The lowest BCUT2D eigenvalue weighted by molar-refractivity contribution is -0.116. The number of amides is 1. The van der Waals surface area contributed by atoms with Crippen molar-refractivity contribution in [2.45, 2.75) is 17.7 Å². The van der Waals surface area contributed by atoms with E-state index in [1.165, 1.54) is 12.1 Å². The largest absolute Gasteiger partial charge is 0.324 e. The molecular weight excluding hydrogens is 324 g/mol. The number of hydrogen-bond donors (Lipinski definition) is 1. The summed E-state index contributed by atoms with van der Waals surface area (Å²) in [5, 5.41) is 2.29. The van der Waals surface area contributed by atoms with E-state index in [-0.39, 0.29) is 29.2 Å². The van der Waals surface area contributed by atoms with Gasteiger partial charge in [0.1, 0.15) is 11.6 Å². The van der Waals surface area contributed by atoms with Gasteiger partial charge in [0.25, 0.3) is 0 Å². The zero-order valence-corrected chi connectivity index (χ0v) is 12.9. The Morgan fingerprint density at radius 3 is 2.39 bits per heavy atom. The van der Waals surface area contributed by atoms with Gasteiger partial charge in [0.05, 0.1) is 16.3 Å². The van der Waals surface area contributed by atoms with E-state index in [1.807, 2.05) is 0 Å². The van der Waals surface area contributed by atoms with Crippen LogP contribution < -0.4 is 5.32 Å². The summed E-state index contributed by atoms with van der Waals surface area (Å²) in [6.07, 6.45) is 0.0226. The van der Waals surface area contributed by atoms with Gasteiger partial charge >= 0.3 is 0 Å². The fourth-order valence-electron chi connectivity index (χ4n) is 1.97. The second-order valence-electron chi connectivity index (χ2n) is 4.91. The van der Waals surface area contributed by atoms with Crippen molar-refractivity contribution in [1.29, 1.82) is 0 Å². The Labute approximate surface area is 133 Å². The number of anilines is 1. The lowest BCUT2D eigenvalue weighted by Crippen LogP contribution is -2.15. The molecular formula is C16H15F2NO3S. The summed E-state index contributed by atoms with van der Waals surface area (Å²) in [6.45, 7) is 0. The number of carbonyl (C=O) groups is 1. The third kappa shape index (κ3) is 4.85. The van der Waals surface area contributed by atoms with Gasteiger partial charge in [-0.1, -0.05) is 18.2 Å². The highest BCUT2D eigenvalue weighted by Crippen LogP contribution is 2.16. The first-order chi connectivity index (χ1) is 10.9. The van der Waals surface area contributed by atoms with Crippen LogP contribution >= 0.6 is 0 Å². The summed E-state index contributed by atoms with van der Waals surface area (Å²) >= 11 is 0. The van der Waals surface area contributed by atoms with Crippen LogP contribution in [0.1, 0.15) is 12.8 Å². The van der Waals surface area contributed by atoms with Crippen LogP contribution in [0.2, 0.25) is 0 Å². The van der Waals surface area contributed by atoms with E-state index in [0.717, 1.165) is 12.1 Å². The van der Waals surface area contributed by atoms with Gasteiger partial charge in [0.15, 0.2) is 9.84 Å². The zero-order valence-electron chi connectivity index (χ0n) is 12.1. The number of halogens is 2. The molecule has 0 aliphatic rings. The topological polar surface area (TPSA) is 63.2 Å². The Bertz CT molecular complexity index is 792. The monoisotopic (exact) mass is 339 g/mol. The first-order valence-corrected chi connectivity index (χ1v) is 8.56. The van der Waals surface area contributed by atoms with Crippen LogP contribution in [-0.2, 0) is 14.6 Å². The number of rotatable bonds is 6. The average molecular weight is 339 g/mol. The van der Waals surface area contributed by atoms with Gasteiger partial charge < -0.3 is 5.32 Å². The molecule has 2 rings (SSSR count). The fourth-order valence-corrected chi connectivity index (χ4v) is 3.30. The third-order valence-electron chi connectivity index (χ3n) is 3.12. The molecule has 23 heavy (non-hydrogen) atoms. The normalized spacial score (nSPS) is 11.2. The second kappa shape index (κ2) is 7.32. The average Bonchev–Trinajstić information content (AvgIpc) is 2.51. The molecule has 1 N–H and O–H groups in total. The predicted molar refractivity (Wildman–Crippen MR) is 82.7 cm³/mol. The van der Waals surface area contributed by atoms with Crippen LogP contribution in [0.4, 0.5) is 14.5 Å². The van der Waals surface area contributed by atoms with Crippen LogP contribution in [-0.4, -0.2) is 20.1 Å². The number of carbonyl (C=O) groups excluding carboxylic acids is 1. The van der Waals surface area contributed by atoms with Gasteiger partial charge in [-0.05, 0) is 30.7 Å². The van der Waals surface area contributed by atoms with Gasteiger partial charge in [0.2, 0.25) is 5.91 Å². The molecule has 0 atom stereocenters. The predicted octanol–water partition coefficient (Wildman–Crippen LogP) is 3.16. The smallest absolute Gasteiger partial charge is 0.224 e. The molecule has 0 aliphatic carbocycles. The van der Waals surface area contributed by atoms with Crippen molar-refractivity contribution in [1.82, 2.24) is 0 Å². The van der Waals surface area contributed by atoms with Crippen LogP contribution in [0.3, 0.4) is 0 Å². The van der Waals surface area contributed by atoms with Crippen molar-refractivity contribution in [3.8, 4) is 0 Å². The minimum absolute atomic E-state index is 0.0805. The fraction of sp³-hybridized carbons (Fsp3) is 0.188. The van der Waals surface area contributed by atoms with Crippen molar-refractivity contribution in [2.24, 2.45) is 0 Å². The molecule has 0 aromatic heterocycles. The van der Waals surface area contributed by atoms with E-state index in [1.54, 1.807) is 18.2 Å². The molecule has 0 fully saturated rings. The summed E-state index contributed by atoms with van der Waals surface area (Å²) in [5.74, 6) is -2.33. The number of benzene rings is 2. The van der Waals surface area contributed by atoms with E-state index >= 15 is 0 Å². The number of hydrogen-bond acceptors (Lipinski definition) is 3. The Morgan fingerprint density at radius 2 is 1.74 bits per heavy atom. The first kappa shape index (κ1) is 17.1. The van der Waals surface area contributed by atoms with Crippen LogP contribution in [0, 0.1) is 11.6 Å². The van der Waals surface area contributed by atoms with Gasteiger partial charge in [-0.15, -0.1) is 0 Å². The second-order valence-corrected chi connectivity index (χ2v) is 7.02. The minimum Gasteiger partial charge on any atom is -0.324 e. The highest BCUT2D eigenvalue weighted by molar-refractivity contribution is 7.91. The van der Waals surface area contributed by atoms with Crippen LogP contribution in [0.25, 0.3) is 0 Å². The summed E-state index contributed by atoms with van der Waals surface area (Å²) in [6, 6.07) is 10.7. The maximum atomic E-state index is 13.4. The molecule has 0 radical (unpaired) electrons. The Kier molecular flexibility index (Phi) is 5.44. The van der Waals surface area contributed by atoms with Crippen molar-refractivity contribution in [3.63, 3.8) is 0 Å². The maximum Gasteiger partial charge on any atom is 0.224 e. The van der Waals surface area contributed by atoms with Gasteiger partial charge in [-0.2, -0.15) is 0 Å². The lowest BCUT2D eigenvalue weighted by Gasteiger charge is -2.07. The molecule has 0 saturated carbocycles. The molecule has 7 heteroatoms. The summed E-state index contributed by atoms with van der Waals surface area (Å²) < 4.78 is 50.2. The molecule has 1 amide bonds. The SMILES string of the molecule is O=C(CCCS(=O)(=O)c1ccccc1)Nc1ccc(F)cc1F. The molecule has 122 valence electrons. The van der Waals surface area contributed by atoms with Gasteiger partial charge in [0, 0.05) is 12.5 Å². The van der Waals surface area contributed by atoms with Crippen molar-refractivity contribution < 1.29 is 22.0 Å². The summed E-state index contributed by atoms with van der Waals surface area (Å²) in [7, 11) is -3.45. The molecule has 4 nitrogen and oxygen atoms in total. The van der Waals surface area contributed by atoms with Crippen LogP contribution in [0.5, 0.6) is 0 Å². The third-order valence-corrected chi connectivity index (χ3v) is 4.94. The quantitative estimate of drug-likeness (QED) is 0.879. The molecule has 2 aromatic rings. The Morgan fingerprint density at radius 1 is 1.04 bits per heavy atom. The highest BCUT2D eigenvalue weighted by Gasteiger charge is 2.15. The van der Waals surface area contributed by atoms with Crippen molar-refractivity contribution in [3.05, 3.63) is 60.2 Å². The first-order valence-electron chi connectivity index (χ1n) is 6.91. The molecule has 0 bridgehead atoms. The van der Waals surface area contributed by atoms with Gasteiger partial charge in [-0.25, -0.2) is 17.2 Å². The van der Waals surface area contributed by atoms with E-state index < -0.39 is 27.4 Å². The Hall–Kier alpha value is -2.28. The van der Waals surface area contributed by atoms with E-state index in [9.17, 15) is 22.0 Å². The Balaban J connectivity index is 1.88. The van der Waals surface area contributed by atoms with E-state index in [4.69, 9.17) is 0 Å². The highest BCUT2D eigenvalue weighted by atomic mass is 32.2. The minimum atomic E-state index is -3.45. The van der Waals surface area contributed by atoms with E-state index in [2.05, 4.69) is 5.32 Å². The molecule has 2 aromatic carbocycles. The number of sulfone groups is 1. The summed E-state index contributed by atoms with van der Waals surface area (Å²) in [5.41, 5.74) is -0.137. The summed E-state index contributed by atoms with van der Waals surface area (Å²) in [4.78, 5) is 11.9. The van der Waals surface area contributed by atoms with Crippen molar-refractivity contribution in [2.75, 3.05) is 11.1 Å². The zero-order chi connectivity index (χ0) is 16.9. The number of nitrogens with one attached hydrogen (secondary N) is 1. The van der Waals surface area contributed by atoms with Gasteiger partial charge in [-0.3, -0.25) is 4.79 Å². The lowest BCUT2D eigenvalue weighted by atomic mass is 10.2. The molecule has 0 saturated heterocycles. The molecule has 0 aliphatic heterocycles. The van der Waals surface area contributed by atoms with E-state index in [0.29, 0.717) is 6.07 Å². The molecule has 0 unspecified atom stereocenters. The molecule has 0 spiro atoms. The van der Waals surface area contributed by atoms with Crippen molar-refractivity contribution >= 4 is 21.4 Å².